The summed E-state index contributed by atoms with van der Waals surface area (Å²) in [6.07, 6.45) is -0.956. The maximum atomic E-state index is 13.5. The molecule has 0 fully saturated rings. The van der Waals surface area contributed by atoms with E-state index >= 15 is 0 Å². The Morgan fingerprint density at radius 1 is 1.11 bits per heavy atom. The summed E-state index contributed by atoms with van der Waals surface area (Å²) < 4.78 is 19.1. The summed E-state index contributed by atoms with van der Waals surface area (Å²) >= 11 is 0. The highest BCUT2D eigenvalue weighted by molar-refractivity contribution is 5.77. The molecule has 3 heteroatoms. The second kappa shape index (κ2) is 4.52. The topological polar surface area (TPSA) is 33.4 Å². The molecule has 0 aliphatic carbocycles. The van der Waals surface area contributed by atoms with Crippen molar-refractivity contribution in [2.75, 3.05) is 0 Å². The number of para-hydroxylation sites is 1. The van der Waals surface area contributed by atoms with Gasteiger partial charge in [-0.15, -0.1) is 0 Å². The number of halogens is 1. The quantitative estimate of drug-likeness (QED) is 0.752. The predicted octanol–water partition coefficient (Wildman–Crippen LogP) is 3.96. The average molecular weight is 256 g/mol. The molecule has 0 aliphatic rings. The molecular weight excluding hydrogens is 243 g/mol. The van der Waals surface area contributed by atoms with Gasteiger partial charge in [-0.3, -0.25) is 0 Å². The SMILES string of the molecule is Cc1ccc(C(O)c2cc3ccccc3o2)cc1F. The number of hydrogen-bond acceptors (Lipinski definition) is 2. The van der Waals surface area contributed by atoms with Crippen molar-refractivity contribution in [2.45, 2.75) is 13.0 Å². The summed E-state index contributed by atoms with van der Waals surface area (Å²) in [5.41, 5.74) is 1.76. The van der Waals surface area contributed by atoms with E-state index in [4.69, 9.17) is 4.42 Å². The van der Waals surface area contributed by atoms with Crippen molar-refractivity contribution in [3.8, 4) is 0 Å². The molecule has 3 aromatic rings. The fraction of sp³-hybridized carbons (Fsp3) is 0.125. The Labute approximate surface area is 110 Å². The molecule has 1 unspecified atom stereocenters. The van der Waals surface area contributed by atoms with Crippen LogP contribution in [0.2, 0.25) is 0 Å². The third-order valence-electron chi connectivity index (χ3n) is 3.23. The van der Waals surface area contributed by atoms with Gasteiger partial charge in [-0.05, 0) is 36.2 Å². The van der Waals surface area contributed by atoms with Crippen molar-refractivity contribution in [1.82, 2.24) is 0 Å². The van der Waals surface area contributed by atoms with Gasteiger partial charge < -0.3 is 9.52 Å². The number of aliphatic hydroxyl groups is 1. The van der Waals surface area contributed by atoms with Gasteiger partial charge in [0.1, 0.15) is 23.3 Å². The minimum Gasteiger partial charge on any atom is -0.458 e. The number of aliphatic hydroxyl groups excluding tert-OH is 1. The van der Waals surface area contributed by atoms with Gasteiger partial charge in [-0.25, -0.2) is 4.39 Å². The zero-order valence-electron chi connectivity index (χ0n) is 10.4. The summed E-state index contributed by atoms with van der Waals surface area (Å²) in [5.74, 6) is 0.0946. The van der Waals surface area contributed by atoms with Crippen LogP contribution in [0.1, 0.15) is 23.0 Å². The molecule has 96 valence electrons. The maximum Gasteiger partial charge on any atom is 0.138 e. The van der Waals surface area contributed by atoms with E-state index in [0.717, 1.165) is 5.39 Å². The van der Waals surface area contributed by atoms with Gasteiger partial charge in [0.15, 0.2) is 0 Å². The van der Waals surface area contributed by atoms with Crippen molar-refractivity contribution in [3.63, 3.8) is 0 Å². The fourth-order valence-electron chi connectivity index (χ4n) is 2.08. The van der Waals surface area contributed by atoms with Crippen LogP contribution in [0.3, 0.4) is 0 Å². The lowest BCUT2D eigenvalue weighted by molar-refractivity contribution is 0.192. The van der Waals surface area contributed by atoms with Crippen molar-refractivity contribution >= 4 is 11.0 Å². The van der Waals surface area contributed by atoms with Gasteiger partial charge in [0.05, 0.1) is 0 Å². The highest BCUT2D eigenvalue weighted by Crippen LogP contribution is 2.28. The highest BCUT2D eigenvalue weighted by atomic mass is 19.1. The number of rotatable bonds is 2. The third-order valence-corrected chi connectivity index (χ3v) is 3.23. The Hall–Kier alpha value is -2.13. The molecule has 3 rings (SSSR count). The van der Waals surface area contributed by atoms with Crippen LogP contribution >= 0.6 is 0 Å². The first-order valence-corrected chi connectivity index (χ1v) is 6.08. The van der Waals surface area contributed by atoms with E-state index in [1.165, 1.54) is 6.07 Å². The number of fused-ring (bicyclic) bond motifs is 1. The molecule has 0 aliphatic heterocycles. The van der Waals surface area contributed by atoms with Gasteiger partial charge in [0, 0.05) is 5.39 Å². The molecular formula is C16H13FO2. The zero-order valence-corrected chi connectivity index (χ0v) is 10.4. The lowest BCUT2D eigenvalue weighted by Gasteiger charge is -2.08. The first kappa shape index (κ1) is 11.9. The van der Waals surface area contributed by atoms with Crippen LogP contribution in [-0.2, 0) is 0 Å². The number of hydrogen-bond donors (Lipinski definition) is 1. The molecule has 0 spiro atoms. The minimum atomic E-state index is -0.956. The smallest absolute Gasteiger partial charge is 0.138 e. The molecule has 19 heavy (non-hydrogen) atoms. The van der Waals surface area contributed by atoms with E-state index in [1.807, 2.05) is 24.3 Å². The Bertz CT molecular complexity index is 697. The Morgan fingerprint density at radius 2 is 1.89 bits per heavy atom. The number of aryl methyl sites for hydroxylation is 1. The standard InChI is InChI=1S/C16H13FO2/c1-10-6-7-12(8-13(10)17)16(18)15-9-11-4-2-3-5-14(11)19-15/h2-9,16,18H,1H3. The zero-order chi connectivity index (χ0) is 13.4. The first-order valence-electron chi connectivity index (χ1n) is 6.08. The van der Waals surface area contributed by atoms with E-state index in [2.05, 4.69) is 0 Å². The van der Waals surface area contributed by atoms with Crippen molar-refractivity contribution in [3.05, 3.63) is 71.2 Å². The molecule has 0 saturated carbocycles. The molecule has 2 aromatic carbocycles. The Morgan fingerprint density at radius 3 is 2.63 bits per heavy atom. The molecule has 1 atom stereocenters. The van der Waals surface area contributed by atoms with Gasteiger partial charge in [0.2, 0.25) is 0 Å². The average Bonchev–Trinajstić information content (AvgIpc) is 2.85. The monoisotopic (exact) mass is 256 g/mol. The number of benzene rings is 2. The third kappa shape index (κ3) is 2.13. The molecule has 1 N–H and O–H groups in total. The van der Waals surface area contributed by atoms with Crippen LogP contribution in [0.4, 0.5) is 4.39 Å². The summed E-state index contributed by atoms with van der Waals surface area (Å²) in [4.78, 5) is 0. The summed E-state index contributed by atoms with van der Waals surface area (Å²) in [6.45, 7) is 1.69. The van der Waals surface area contributed by atoms with E-state index in [-0.39, 0.29) is 5.82 Å². The van der Waals surface area contributed by atoms with Crippen LogP contribution < -0.4 is 0 Å². The van der Waals surface area contributed by atoms with Crippen LogP contribution in [-0.4, -0.2) is 5.11 Å². The normalized spacial score (nSPS) is 12.8. The Balaban J connectivity index is 2.02. The summed E-state index contributed by atoms with van der Waals surface area (Å²) in [5, 5.41) is 11.2. The molecule has 1 heterocycles. The second-order valence-corrected chi connectivity index (χ2v) is 4.60. The molecule has 1 aromatic heterocycles. The minimum absolute atomic E-state index is 0.326. The van der Waals surface area contributed by atoms with Crippen molar-refractivity contribution in [2.24, 2.45) is 0 Å². The molecule has 0 saturated heterocycles. The van der Waals surface area contributed by atoms with Gasteiger partial charge in [-0.2, -0.15) is 0 Å². The fourth-order valence-corrected chi connectivity index (χ4v) is 2.08. The van der Waals surface area contributed by atoms with E-state index in [9.17, 15) is 9.50 Å². The highest BCUT2D eigenvalue weighted by Gasteiger charge is 2.16. The lowest BCUT2D eigenvalue weighted by Crippen LogP contribution is -1.99. The molecule has 0 radical (unpaired) electrons. The van der Waals surface area contributed by atoms with Gasteiger partial charge in [-0.1, -0.05) is 30.3 Å². The van der Waals surface area contributed by atoms with Crippen molar-refractivity contribution < 1.29 is 13.9 Å². The predicted molar refractivity (Wildman–Crippen MR) is 71.4 cm³/mol. The molecule has 0 amide bonds. The second-order valence-electron chi connectivity index (χ2n) is 4.60. The molecule has 0 bridgehead atoms. The van der Waals surface area contributed by atoms with Crippen LogP contribution in [0.25, 0.3) is 11.0 Å². The van der Waals surface area contributed by atoms with E-state index in [1.54, 1.807) is 25.1 Å². The van der Waals surface area contributed by atoms with Crippen LogP contribution in [0.5, 0.6) is 0 Å². The summed E-state index contributed by atoms with van der Waals surface area (Å²) in [6, 6.07) is 14.0. The number of furan rings is 1. The van der Waals surface area contributed by atoms with Gasteiger partial charge in [0.25, 0.3) is 0 Å². The lowest BCUT2D eigenvalue weighted by atomic mass is 10.0. The van der Waals surface area contributed by atoms with E-state index < -0.39 is 6.10 Å². The first-order chi connectivity index (χ1) is 9.15. The van der Waals surface area contributed by atoms with Crippen LogP contribution in [0, 0.1) is 12.7 Å². The largest absolute Gasteiger partial charge is 0.458 e. The Kier molecular flexibility index (Phi) is 2.84. The van der Waals surface area contributed by atoms with Crippen LogP contribution in [0.15, 0.2) is 52.9 Å². The van der Waals surface area contributed by atoms with Gasteiger partial charge >= 0.3 is 0 Å². The van der Waals surface area contributed by atoms with Crippen molar-refractivity contribution in [1.29, 1.82) is 0 Å². The molecule has 2 nitrogen and oxygen atoms in total. The summed E-state index contributed by atoms with van der Waals surface area (Å²) in [7, 11) is 0. The van der Waals surface area contributed by atoms with E-state index in [0.29, 0.717) is 22.5 Å². The maximum absolute atomic E-state index is 13.5.